The molecule has 7 nitrogen and oxygen atoms in total. The van der Waals surface area contributed by atoms with Crippen LogP contribution in [0.5, 0.6) is 0 Å². The summed E-state index contributed by atoms with van der Waals surface area (Å²) in [5.41, 5.74) is 3.53. The van der Waals surface area contributed by atoms with Gasteiger partial charge in [-0.05, 0) is 30.9 Å². The minimum Gasteiger partial charge on any atom is -0.370 e. The molecule has 1 aromatic carbocycles. The van der Waals surface area contributed by atoms with Gasteiger partial charge in [-0.25, -0.2) is 15.0 Å². The van der Waals surface area contributed by atoms with Crippen molar-refractivity contribution < 1.29 is 4.79 Å². The highest BCUT2D eigenvalue weighted by Crippen LogP contribution is 2.28. The number of pyridine rings is 1. The highest BCUT2D eigenvalue weighted by Gasteiger charge is 2.15. The van der Waals surface area contributed by atoms with Gasteiger partial charge in [0.15, 0.2) is 0 Å². The number of aryl methyl sites for hydroxylation is 1. The van der Waals surface area contributed by atoms with Gasteiger partial charge in [0.2, 0.25) is 0 Å². The van der Waals surface area contributed by atoms with Crippen molar-refractivity contribution in [2.45, 2.75) is 26.2 Å². The third kappa shape index (κ3) is 4.54. The zero-order chi connectivity index (χ0) is 21.8. The molecule has 8 heteroatoms. The Morgan fingerprint density at radius 1 is 1.16 bits per heavy atom. The van der Waals surface area contributed by atoms with E-state index in [-0.39, 0.29) is 11.8 Å². The Bertz CT molecular complexity index is 1220. The van der Waals surface area contributed by atoms with Gasteiger partial charge in [0.25, 0.3) is 5.91 Å². The van der Waals surface area contributed by atoms with Crippen LogP contribution in [0, 0.1) is 6.92 Å². The van der Waals surface area contributed by atoms with Gasteiger partial charge in [0.05, 0.1) is 26.7 Å². The van der Waals surface area contributed by atoms with Crippen LogP contribution in [0.4, 0.5) is 5.82 Å². The van der Waals surface area contributed by atoms with E-state index < -0.39 is 0 Å². The molecule has 0 bridgehead atoms. The summed E-state index contributed by atoms with van der Waals surface area (Å²) in [5, 5.41) is 7.99. The molecule has 0 saturated heterocycles. The van der Waals surface area contributed by atoms with Crippen LogP contribution in [0.25, 0.3) is 21.5 Å². The lowest BCUT2D eigenvalue weighted by Crippen LogP contribution is -2.18. The second kappa shape index (κ2) is 9.18. The summed E-state index contributed by atoms with van der Waals surface area (Å²) in [6.45, 7) is 4.91. The second-order valence-corrected chi connectivity index (χ2v) is 8.56. The lowest BCUT2D eigenvalue weighted by atomic mass is 9.94. The van der Waals surface area contributed by atoms with Crippen LogP contribution in [-0.2, 0) is 0 Å². The summed E-state index contributed by atoms with van der Waals surface area (Å²) in [5.74, 6) is 0.949. The van der Waals surface area contributed by atoms with E-state index in [2.05, 4.69) is 43.6 Å². The van der Waals surface area contributed by atoms with Gasteiger partial charge in [0, 0.05) is 37.4 Å². The molecule has 3 aromatic heterocycles. The van der Waals surface area contributed by atoms with E-state index in [1.807, 2.05) is 31.3 Å². The smallest absolute Gasteiger partial charge is 0.251 e. The van der Waals surface area contributed by atoms with E-state index in [4.69, 9.17) is 0 Å². The van der Waals surface area contributed by atoms with Crippen molar-refractivity contribution in [2.75, 3.05) is 18.9 Å². The summed E-state index contributed by atoms with van der Waals surface area (Å²) < 4.78 is 0. The number of anilines is 1. The van der Waals surface area contributed by atoms with E-state index >= 15 is 0 Å². The Balaban J connectivity index is 1.47. The highest BCUT2D eigenvalue weighted by atomic mass is 32.1. The Morgan fingerprint density at radius 3 is 2.81 bits per heavy atom. The predicted octanol–water partition coefficient (Wildman–Crippen LogP) is 4.42. The SMILES string of the molecule is CNC(=O)c1ccnc2c(C(C)CCNc3cc(-c4cnc(C)s4)ncn3)cccc12. The molecule has 0 radical (unpaired) electrons. The zero-order valence-corrected chi connectivity index (χ0v) is 18.5. The van der Waals surface area contributed by atoms with Gasteiger partial charge in [-0.1, -0.05) is 25.1 Å². The molecule has 3 heterocycles. The molecule has 0 aliphatic carbocycles. The monoisotopic (exact) mass is 432 g/mol. The lowest BCUT2D eigenvalue weighted by molar-refractivity contribution is 0.0964. The number of fused-ring (bicyclic) bond motifs is 1. The van der Waals surface area contributed by atoms with Crippen molar-refractivity contribution in [3.63, 3.8) is 0 Å². The van der Waals surface area contributed by atoms with Gasteiger partial charge >= 0.3 is 0 Å². The first-order valence-corrected chi connectivity index (χ1v) is 11.0. The first kappa shape index (κ1) is 20.9. The quantitative estimate of drug-likeness (QED) is 0.449. The molecule has 0 saturated carbocycles. The Kier molecular flexibility index (Phi) is 6.18. The standard InChI is InChI=1S/C23H24N6OS/c1-14(16-5-4-6-17-18(23(30)24-3)8-10-26-22(16)17)7-9-25-21-11-19(28-13-29-21)20-12-27-15(2)31-20/h4-6,8,10-14H,7,9H2,1-3H3,(H,24,30)(H,25,28,29). The third-order valence-corrected chi connectivity index (χ3v) is 6.16. The maximum absolute atomic E-state index is 12.2. The van der Waals surface area contributed by atoms with Gasteiger partial charge in [-0.2, -0.15) is 0 Å². The minimum atomic E-state index is -0.102. The Labute approximate surface area is 185 Å². The van der Waals surface area contributed by atoms with Crippen molar-refractivity contribution in [3.05, 3.63) is 65.2 Å². The molecule has 31 heavy (non-hydrogen) atoms. The molecule has 1 atom stereocenters. The van der Waals surface area contributed by atoms with E-state index in [9.17, 15) is 4.79 Å². The van der Waals surface area contributed by atoms with Crippen molar-refractivity contribution in [1.82, 2.24) is 25.3 Å². The van der Waals surface area contributed by atoms with E-state index in [1.54, 1.807) is 37.0 Å². The Hall–Kier alpha value is -3.39. The Morgan fingerprint density at radius 2 is 2.03 bits per heavy atom. The number of aromatic nitrogens is 4. The molecule has 0 fully saturated rings. The van der Waals surface area contributed by atoms with Gasteiger partial charge in [0.1, 0.15) is 12.1 Å². The van der Waals surface area contributed by atoms with Crippen molar-refractivity contribution in [3.8, 4) is 10.6 Å². The number of amides is 1. The molecule has 0 aliphatic rings. The normalized spacial score (nSPS) is 12.0. The van der Waals surface area contributed by atoms with Crippen LogP contribution < -0.4 is 10.6 Å². The average molecular weight is 433 g/mol. The zero-order valence-electron chi connectivity index (χ0n) is 17.7. The number of benzene rings is 1. The third-order valence-electron chi connectivity index (χ3n) is 5.23. The largest absolute Gasteiger partial charge is 0.370 e. The minimum absolute atomic E-state index is 0.102. The molecule has 1 unspecified atom stereocenters. The summed E-state index contributed by atoms with van der Waals surface area (Å²) in [6, 6.07) is 9.73. The summed E-state index contributed by atoms with van der Waals surface area (Å²) >= 11 is 1.62. The maximum Gasteiger partial charge on any atom is 0.251 e. The summed E-state index contributed by atoms with van der Waals surface area (Å²) in [6.07, 6.45) is 6.01. The lowest BCUT2D eigenvalue weighted by Gasteiger charge is -2.16. The van der Waals surface area contributed by atoms with Gasteiger partial charge in [-0.3, -0.25) is 9.78 Å². The molecule has 0 aliphatic heterocycles. The number of hydrogen-bond donors (Lipinski definition) is 2. The summed E-state index contributed by atoms with van der Waals surface area (Å²) in [7, 11) is 1.64. The molecule has 0 spiro atoms. The summed E-state index contributed by atoms with van der Waals surface area (Å²) in [4.78, 5) is 30.8. The van der Waals surface area contributed by atoms with Gasteiger partial charge in [-0.15, -0.1) is 11.3 Å². The van der Waals surface area contributed by atoms with Crippen LogP contribution in [0.2, 0.25) is 0 Å². The molecule has 4 rings (SSSR count). The first-order valence-electron chi connectivity index (χ1n) is 10.1. The van der Waals surface area contributed by atoms with Gasteiger partial charge < -0.3 is 10.6 Å². The first-order chi connectivity index (χ1) is 15.1. The number of nitrogens with zero attached hydrogens (tertiary/aromatic N) is 4. The van der Waals surface area contributed by atoms with Crippen molar-refractivity contribution in [2.24, 2.45) is 0 Å². The number of para-hydroxylation sites is 1. The number of nitrogens with one attached hydrogen (secondary N) is 2. The van der Waals surface area contributed by atoms with E-state index in [0.29, 0.717) is 5.56 Å². The van der Waals surface area contributed by atoms with Crippen LogP contribution in [0.1, 0.15) is 40.2 Å². The van der Waals surface area contributed by atoms with E-state index in [1.165, 1.54) is 0 Å². The number of thiazole rings is 1. The molecule has 1 amide bonds. The number of rotatable bonds is 7. The number of hydrogen-bond acceptors (Lipinski definition) is 7. The molecule has 158 valence electrons. The molecule has 2 N–H and O–H groups in total. The van der Waals surface area contributed by atoms with Crippen molar-refractivity contribution >= 4 is 34.0 Å². The fraction of sp³-hybridized carbons (Fsp3) is 0.261. The van der Waals surface area contributed by atoms with Crippen LogP contribution >= 0.6 is 11.3 Å². The number of carbonyl (C=O) groups is 1. The van der Waals surface area contributed by atoms with Crippen LogP contribution in [-0.4, -0.2) is 39.4 Å². The average Bonchev–Trinajstić information content (AvgIpc) is 3.24. The fourth-order valence-corrected chi connectivity index (χ4v) is 4.32. The maximum atomic E-state index is 12.2. The van der Waals surface area contributed by atoms with Crippen molar-refractivity contribution in [1.29, 1.82) is 0 Å². The topological polar surface area (TPSA) is 92.7 Å². The highest BCUT2D eigenvalue weighted by molar-refractivity contribution is 7.15. The van der Waals surface area contributed by atoms with Crippen LogP contribution in [0.15, 0.2) is 49.1 Å². The second-order valence-electron chi connectivity index (χ2n) is 7.33. The molecular weight excluding hydrogens is 408 g/mol. The molecule has 4 aromatic rings. The van der Waals surface area contributed by atoms with Crippen LogP contribution in [0.3, 0.4) is 0 Å². The predicted molar refractivity (Wildman–Crippen MR) is 125 cm³/mol. The molecular formula is C23H24N6OS. The van der Waals surface area contributed by atoms with E-state index in [0.717, 1.165) is 50.8 Å². The number of carbonyl (C=O) groups excluding carboxylic acids is 1. The fourth-order valence-electron chi connectivity index (χ4n) is 3.57.